The number of carbonyl (C=O) groups excluding carboxylic acids is 1. The number of hydrogen-bond acceptors (Lipinski definition) is 4. The van der Waals surface area contributed by atoms with E-state index in [1.54, 1.807) is 35.7 Å². The molecule has 0 bridgehead atoms. The molecular weight excluding hydrogens is 434 g/mol. The Kier molecular flexibility index (Phi) is 7.90. The molecule has 0 saturated carbocycles. The highest BCUT2D eigenvalue weighted by molar-refractivity contribution is 7.99. The third-order valence-electron chi connectivity index (χ3n) is 4.59. The minimum atomic E-state index is -0.141. The molecule has 0 atom stereocenters. The van der Waals surface area contributed by atoms with Crippen LogP contribution in [0, 0.1) is 0 Å². The molecule has 0 unspecified atom stereocenters. The molecule has 1 N–H and O–H groups in total. The van der Waals surface area contributed by atoms with Gasteiger partial charge in [0.1, 0.15) is 5.75 Å². The van der Waals surface area contributed by atoms with Crippen molar-refractivity contribution >= 4 is 35.1 Å². The Hall–Kier alpha value is -3.15. The van der Waals surface area contributed by atoms with Gasteiger partial charge in [-0.05, 0) is 60.7 Å². The van der Waals surface area contributed by atoms with E-state index in [9.17, 15) is 4.79 Å². The van der Waals surface area contributed by atoms with Crippen LogP contribution in [0.1, 0.15) is 10.4 Å². The van der Waals surface area contributed by atoms with Gasteiger partial charge in [0, 0.05) is 26.0 Å². The van der Waals surface area contributed by atoms with Crippen molar-refractivity contribution in [1.82, 2.24) is 0 Å². The fourth-order valence-corrected chi connectivity index (χ4v) is 4.68. The van der Waals surface area contributed by atoms with E-state index in [0.29, 0.717) is 12.2 Å². The molecule has 1 amide bonds. The third-order valence-corrected chi connectivity index (χ3v) is 6.65. The van der Waals surface area contributed by atoms with Crippen LogP contribution in [0.4, 0.5) is 5.69 Å². The Bertz CT molecular complexity index is 1130. The van der Waals surface area contributed by atoms with E-state index in [-0.39, 0.29) is 5.91 Å². The Labute approximate surface area is 197 Å². The SMILES string of the molecule is O=C(Nc1ccccc1Sc1ccccc1)c1ccc(OCCSc2ccccc2)cc1. The number of benzene rings is 4. The molecular formula is C27H23NO2S2. The maximum atomic E-state index is 12.8. The van der Waals surface area contributed by atoms with Crippen LogP contribution in [0.25, 0.3) is 0 Å². The molecule has 0 aromatic heterocycles. The van der Waals surface area contributed by atoms with Gasteiger partial charge in [0.2, 0.25) is 0 Å². The van der Waals surface area contributed by atoms with Crippen molar-refractivity contribution in [3.8, 4) is 5.75 Å². The summed E-state index contributed by atoms with van der Waals surface area (Å²) in [5.41, 5.74) is 1.39. The molecule has 0 heterocycles. The van der Waals surface area contributed by atoms with Crippen molar-refractivity contribution < 1.29 is 9.53 Å². The number of anilines is 1. The first-order valence-electron chi connectivity index (χ1n) is 10.3. The molecule has 4 aromatic rings. The lowest BCUT2D eigenvalue weighted by atomic mass is 10.2. The van der Waals surface area contributed by atoms with E-state index in [2.05, 4.69) is 29.6 Å². The van der Waals surface area contributed by atoms with Crippen LogP contribution in [-0.4, -0.2) is 18.3 Å². The topological polar surface area (TPSA) is 38.3 Å². The minimum absolute atomic E-state index is 0.141. The van der Waals surface area contributed by atoms with Gasteiger partial charge in [0.05, 0.1) is 12.3 Å². The average Bonchev–Trinajstić information content (AvgIpc) is 2.85. The lowest BCUT2D eigenvalue weighted by Crippen LogP contribution is -2.12. The third kappa shape index (κ3) is 6.42. The summed E-state index contributed by atoms with van der Waals surface area (Å²) in [6.07, 6.45) is 0. The molecule has 0 spiro atoms. The van der Waals surface area contributed by atoms with Gasteiger partial charge in [0.25, 0.3) is 5.91 Å². The highest BCUT2D eigenvalue weighted by atomic mass is 32.2. The molecule has 0 aliphatic heterocycles. The summed E-state index contributed by atoms with van der Waals surface area (Å²) in [6.45, 7) is 0.606. The molecule has 32 heavy (non-hydrogen) atoms. The summed E-state index contributed by atoms with van der Waals surface area (Å²) >= 11 is 3.39. The van der Waals surface area contributed by atoms with Gasteiger partial charge in [0.15, 0.2) is 0 Å². The van der Waals surface area contributed by atoms with Crippen LogP contribution < -0.4 is 10.1 Å². The number of nitrogens with one attached hydrogen (secondary N) is 1. The molecule has 4 aromatic carbocycles. The summed E-state index contributed by atoms with van der Waals surface area (Å²) in [4.78, 5) is 16.1. The first-order chi connectivity index (χ1) is 15.8. The zero-order valence-electron chi connectivity index (χ0n) is 17.4. The van der Waals surface area contributed by atoms with Gasteiger partial charge < -0.3 is 10.1 Å². The molecule has 4 rings (SSSR count). The maximum absolute atomic E-state index is 12.8. The van der Waals surface area contributed by atoms with Crippen LogP contribution in [0.15, 0.2) is 124 Å². The van der Waals surface area contributed by atoms with Crippen LogP contribution in [0.2, 0.25) is 0 Å². The lowest BCUT2D eigenvalue weighted by Gasteiger charge is -2.11. The number of thioether (sulfide) groups is 1. The van der Waals surface area contributed by atoms with Crippen LogP contribution >= 0.6 is 23.5 Å². The Morgan fingerprint density at radius 1 is 0.719 bits per heavy atom. The fourth-order valence-electron chi connectivity index (χ4n) is 3.01. The molecule has 0 fully saturated rings. The maximum Gasteiger partial charge on any atom is 0.255 e. The molecule has 0 aliphatic carbocycles. The highest BCUT2D eigenvalue weighted by Crippen LogP contribution is 2.33. The number of hydrogen-bond donors (Lipinski definition) is 1. The summed E-state index contributed by atoms with van der Waals surface area (Å²) in [5.74, 6) is 1.48. The highest BCUT2D eigenvalue weighted by Gasteiger charge is 2.10. The second-order valence-corrected chi connectivity index (χ2v) is 9.18. The second kappa shape index (κ2) is 11.5. The van der Waals surface area contributed by atoms with Crippen LogP contribution in [-0.2, 0) is 0 Å². The molecule has 0 radical (unpaired) electrons. The normalized spacial score (nSPS) is 10.5. The van der Waals surface area contributed by atoms with Gasteiger partial charge in [-0.2, -0.15) is 0 Å². The minimum Gasteiger partial charge on any atom is -0.493 e. The summed E-state index contributed by atoms with van der Waals surface area (Å²) < 4.78 is 5.81. The van der Waals surface area contributed by atoms with Gasteiger partial charge >= 0.3 is 0 Å². The number of rotatable bonds is 9. The standard InChI is InChI=1S/C27H23NO2S2/c29-27(28-25-13-7-8-14-26(25)32-24-11-5-2-6-12-24)21-15-17-22(18-16-21)30-19-20-31-23-9-3-1-4-10-23/h1-18H,19-20H2,(H,28,29). The van der Waals surface area contributed by atoms with E-state index in [1.807, 2.05) is 72.8 Å². The number of para-hydroxylation sites is 1. The zero-order chi connectivity index (χ0) is 22.0. The predicted octanol–water partition coefficient (Wildman–Crippen LogP) is 7.26. The van der Waals surface area contributed by atoms with Gasteiger partial charge in [-0.15, -0.1) is 11.8 Å². The molecule has 3 nitrogen and oxygen atoms in total. The Balaban J connectivity index is 1.31. The smallest absolute Gasteiger partial charge is 0.255 e. The largest absolute Gasteiger partial charge is 0.493 e. The van der Waals surface area contributed by atoms with Crippen molar-refractivity contribution in [2.24, 2.45) is 0 Å². The number of ether oxygens (including phenoxy) is 1. The first kappa shape index (κ1) is 22.1. The van der Waals surface area contributed by atoms with E-state index in [1.165, 1.54) is 4.90 Å². The lowest BCUT2D eigenvalue weighted by molar-refractivity contribution is 0.102. The van der Waals surface area contributed by atoms with Crippen molar-refractivity contribution in [2.45, 2.75) is 14.7 Å². The molecule has 0 aliphatic rings. The van der Waals surface area contributed by atoms with E-state index >= 15 is 0 Å². The van der Waals surface area contributed by atoms with Crippen LogP contribution in [0.5, 0.6) is 5.75 Å². The van der Waals surface area contributed by atoms with E-state index < -0.39 is 0 Å². The zero-order valence-corrected chi connectivity index (χ0v) is 19.1. The monoisotopic (exact) mass is 457 g/mol. The first-order valence-corrected chi connectivity index (χ1v) is 12.1. The second-order valence-electron chi connectivity index (χ2n) is 6.90. The molecule has 0 saturated heterocycles. The molecule has 160 valence electrons. The summed E-state index contributed by atoms with van der Waals surface area (Å²) in [6, 6.07) is 35.5. The van der Waals surface area contributed by atoms with Gasteiger partial charge in [-0.25, -0.2) is 0 Å². The quantitative estimate of drug-likeness (QED) is 0.212. The van der Waals surface area contributed by atoms with Crippen molar-refractivity contribution in [1.29, 1.82) is 0 Å². The Morgan fingerprint density at radius 3 is 2.06 bits per heavy atom. The van der Waals surface area contributed by atoms with Crippen molar-refractivity contribution in [2.75, 3.05) is 17.7 Å². The summed E-state index contributed by atoms with van der Waals surface area (Å²) in [5, 5.41) is 3.03. The van der Waals surface area contributed by atoms with Gasteiger partial charge in [-0.1, -0.05) is 60.3 Å². The average molecular weight is 458 g/mol. The van der Waals surface area contributed by atoms with Crippen molar-refractivity contribution in [3.05, 3.63) is 115 Å². The van der Waals surface area contributed by atoms with Crippen LogP contribution in [0.3, 0.4) is 0 Å². The predicted molar refractivity (Wildman–Crippen MR) is 134 cm³/mol. The number of carbonyl (C=O) groups is 1. The number of amides is 1. The van der Waals surface area contributed by atoms with Gasteiger partial charge in [-0.3, -0.25) is 4.79 Å². The molecule has 5 heteroatoms. The fraction of sp³-hybridized carbons (Fsp3) is 0.0741. The van der Waals surface area contributed by atoms with E-state index in [4.69, 9.17) is 4.74 Å². The van der Waals surface area contributed by atoms with Crippen molar-refractivity contribution in [3.63, 3.8) is 0 Å². The van der Waals surface area contributed by atoms with E-state index in [0.717, 1.165) is 27.0 Å². The summed E-state index contributed by atoms with van der Waals surface area (Å²) in [7, 11) is 0. The Morgan fingerprint density at radius 2 is 1.34 bits per heavy atom.